The maximum atomic E-state index is 3.77. The maximum absolute atomic E-state index is 3.77. The molecular weight excluding hydrogens is 284 g/mol. The van der Waals surface area contributed by atoms with E-state index in [4.69, 9.17) is 0 Å². The van der Waals surface area contributed by atoms with Gasteiger partial charge in [0.2, 0.25) is 0 Å². The smallest absolute Gasteiger partial charge is 0.0332 e. The summed E-state index contributed by atoms with van der Waals surface area (Å²) in [5, 5.41) is 8.17. The van der Waals surface area contributed by atoms with Crippen LogP contribution in [0.4, 0.5) is 0 Å². The normalized spacial score (nSPS) is 12.8. The largest absolute Gasteiger partial charge is 0.170 e. The Balaban J connectivity index is 2.58. The molecule has 2 rings (SSSR count). The molecule has 0 N–H and O–H groups in total. The zero-order chi connectivity index (χ0) is 16.3. The maximum Gasteiger partial charge on any atom is 0.0332 e. The molecule has 0 aliphatic rings. The SMILES string of the molecule is CC(C)S(C#Cc1cccc2ccccc12)(C(C)C)C(C)C. The number of rotatable bonds is 3. The van der Waals surface area contributed by atoms with Crippen LogP contribution in [0, 0.1) is 11.2 Å². The summed E-state index contributed by atoms with van der Waals surface area (Å²) in [6.07, 6.45) is 0. The molecule has 22 heavy (non-hydrogen) atoms. The third kappa shape index (κ3) is 3.03. The number of benzene rings is 2. The van der Waals surface area contributed by atoms with Crippen LogP contribution in [0.2, 0.25) is 0 Å². The van der Waals surface area contributed by atoms with Gasteiger partial charge in [-0.3, -0.25) is 0 Å². The van der Waals surface area contributed by atoms with Crippen molar-refractivity contribution in [3.05, 3.63) is 48.0 Å². The molecule has 1 heteroatoms. The molecule has 0 bridgehead atoms. The highest BCUT2D eigenvalue weighted by Crippen LogP contribution is 2.59. The van der Waals surface area contributed by atoms with Crippen LogP contribution in [0.5, 0.6) is 0 Å². The van der Waals surface area contributed by atoms with Crippen LogP contribution < -0.4 is 0 Å². The van der Waals surface area contributed by atoms with Crippen molar-refractivity contribution in [3.63, 3.8) is 0 Å². The van der Waals surface area contributed by atoms with Crippen molar-refractivity contribution in [1.82, 2.24) is 0 Å². The second-order valence-corrected chi connectivity index (χ2v) is 11.2. The molecule has 0 fully saturated rings. The van der Waals surface area contributed by atoms with Gasteiger partial charge in [0.1, 0.15) is 0 Å². The van der Waals surface area contributed by atoms with Gasteiger partial charge in [-0.2, -0.15) is 10.0 Å². The van der Waals surface area contributed by atoms with E-state index < -0.39 is 10.0 Å². The van der Waals surface area contributed by atoms with E-state index in [9.17, 15) is 0 Å². The standard InChI is InChI=1S/C21H28S/c1-16(2)22(17(3)4,18(5)6)15-14-20-12-9-11-19-10-7-8-13-21(19)20/h7-13,16-18H,1-6H3. The lowest BCUT2D eigenvalue weighted by molar-refractivity contribution is 0.959. The fourth-order valence-corrected chi connectivity index (χ4v) is 7.72. The van der Waals surface area contributed by atoms with Crippen molar-refractivity contribution in [1.29, 1.82) is 0 Å². The lowest BCUT2D eigenvalue weighted by atomic mass is 10.1. The minimum absolute atomic E-state index is 0.620. The van der Waals surface area contributed by atoms with Gasteiger partial charge in [0.25, 0.3) is 0 Å². The summed E-state index contributed by atoms with van der Waals surface area (Å²) in [5.74, 6) is 3.56. The molecule has 118 valence electrons. The Morgan fingerprint density at radius 1 is 0.727 bits per heavy atom. The van der Waals surface area contributed by atoms with Gasteiger partial charge < -0.3 is 0 Å². The lowest BCUT2D eigenvalue weighted by Crippen LogP contribution is -2.27. The molecule has 0 radical (unpaired) electrons. The fraction of sp³-hybridized carbons (Fsp3) is 0.429. The second-order valence-electron chi connectivity index (χ2n) is 6.66. The van der Waals surface area contributed by atoms with Gasteiger partial charge in [-0.15, -0.1) is 0 Å². The summed E-state index contributed by atoms with van der Waals surface area (Å²) in [6.45, 7) is 14.0. The highest BCUT2D eigenvalue weighted by molar-refractivity contribution is 8.38. The molecule has 0 spiro atoms. The quantitative estimate of drug-likeness (QED) is 0.594. The van der Waals surface area contributed by atoms with E-state index in [1.807, 2.05) is 0 Å². The molecule has 0 atom stereocenters. The van der Waals surface area contributed by atoms with Crippen LogP contribution in [0.3, 0.4) is 0 Å². The Labute approximate surface area is 137 Å². The zero-order valence-electron chi connectivity index (χ0n) is 14.7. The number of fused-ring (bicyclic) bond motifs is 1. The first-order valence-electron chi connectivity index (χ1n) is 8.20. The van der Waals surface area contributed by atoms with Gasteiger partial charge in [-0.25, -0.2) is 0 Å². The molecule has 0 heterocycles. The third-order valence-corrected chi connectivity index (χ3v) is 9.63. The Kier molecular flexibility index (Phi) is 5.24. The van der Waals surface area contributed by atoms with E-state index in [1.54, 1.807) is 0 Å². The molecule has 0 unspecified atom stereocenters. The van der Waals surface area contributed by atoms with Gasteiger partial charge in [-0.05, 0) is 37.8 Å². The van der Waals surface area contributed by atoms with Crippen LogP contribution in [-0.4, -0.2) is 15.7 Å². The molecular formula is C21H28S. The number of hydrogen-bond acceptors (Lipinski definition) is 0. The van der Waals surface area contributed by atoms with Crippen molar-refractivity contribution in [3.8, 4) is 11.2 Å². The van der Waals surface area contributed by atoms with E-state index >= 15 is 0 Å². The van der Waals surface area contributed by atoms with E-state index in [0.717, 1.165) is 5.56 Å². The summed E-state index contributed by atoms with van der Waals surface area (Å²) in [5.41, 5.74) is 1.16. The number of hydrogen-bond donors (Lipinski definition) is 0. The Morgan fingerprint density at radius 2 is 1.27 bits per heavy atom. The van der Waals surface area contributed by atoms with Gasteiger partial charge in [0.15, 0.2) is 0 Å². The van der Waals surface area contributed by atoms with E-state index in [-0.39, 0.29) is 0 Å². The summed E-state index contributed by atoms with van der Waals surface area (Å²) in [7, 11) is -0.974. The molecule has 0 aliphatic carbocycles. The molecule has 0 saturated heterocycles. The van der Waals surface area contributed by atoms with Crippen molar-refractivity contribution >= 4 is 20.8 Å². The summed E-state index contributed by atoms with van der Waals surface area (Å²) in [6, 6.07) is 15.0. The zero-order valence-corrected chi connectivity index (χ0v) is 15.5. The Bertz CT molecular complexity index is 671. The minimum Gasteiger partial charge on any atom is -0.170 e. The van der Waals surface area contributed by atoms with Gasteiger partial charge in [0, 0.05) is 5.56 Å². The van der Waals surface area contributed by atoms with Crippen LogP contribution in [0.15, 0.2) is 42.5 Å². The highest BCUT2D eigenvalue weighted by atomic mass is 32.3. The van der Waals surface area contributed by atoms with Crippen molar-refractivity contribution < 1.29 is 0 Å². The second kappa shape index (κ2) is 6.80. The first kappa shape index (κ1) is 17.0. The highest BCUT2D eigenvalue weighted by Gasteiger charge is 2.32. The van der Waals surface area contributed by atoms with Crippen LogP contribution in [0.25, 0.3) is 10.8 Å². The average Bonchev–Trinajstić information content (AvgIpc) is 2.47. The first-order chi connectivity index (χ1) is 10.4. The van der Waals surface area contributed by atoms with Crippen molar-refractivity contribution in [2.45, 2.75) is 57.3 Å². The summed E-state index contributed by atoms with van der Waals surface area (Å²) >= 11 is 0. The first-order valence-corrected chi connectivity index (χ1v) is 10.0. The Hall–Kier alpha value is -1.39. The molecule has 2 aromatic carbocycles. The molecule has 2 aromatic rings. The van der Waals surface area contributed by atoms with Gasteiger partial charge in [0.05, 0.1) is 0 Å². The fourth-order valence-electron chi connectivity index (χ4n) is 3.46. The van der Waals surface area contributed by atoms with Crippen LogP contribution in [-0.2, 0) is 0 Å². The molecule has 0 nitrogen and oxygen atoms in total. The van der Waals surface area contributed by atoms with E-state index in [0.29, 0.717) is 15.7 Å². The van der Waals surface area contributed by atoms with Gasteiger partial charge in [-0.1, -0.05) is 83.9 Å². The van der Waals surface area contributed by atoms with Crippen molar-refractivity contribution in [2.24, 2.45) is 0 Å². The molecule has 0 aliphatic heterocycles. The van der Waals surface area contributed by atoms with E-state index in [2.05, 4.69) is 95.2 Å². The predicted octanol–water partition coefficient (Wildman–Crippen LogP) is 6.18. The van der Waals surface area contributed by atoms with E-state index in [1.165, 1.54) is 10.8 Å². The minimum atomic E-state index is -0.974. The topological polar surface area (TPSA) is 0 Å². The van der Waals surface area contributed by atoms with Crippen molar-refractivity contribution in [2.75, 3.05) is 0 Å². The van der Waals surface area contributed by atoms with Crippen LogP contribution >= 0.6 is 10.0 Å². The van der Waals surface area contributed by atoms with Crippen LogP contribution in [0.1, 0.15) is 47.1 Å². The molecule has 0 aromatic heterocycles. The summed E-state index contributed by atoms with van der Waals surface area (Å²) in [4.78, 5) is 0. The van der Waals surface area contributed by atoms with Gasteiger partial charge >= 0.3 is 0 Å². The molecule has 0 amide bonds. The Morgan fingerprint density at radius 3 is 1.86 bits per heavy atom. The molecule has 0 saturated carbocycles. The lowest BCUT2D eigenvalue weighted by Gasteiger charge is -2.46. The average molecular weight is 313 g/mol. The predicted molar refractivity (Wildman–Crippen MR) is 104 cm³/mol. The monoisotopic (exact) mass is 312 g/mol. The third-order valence-electron chi connectivity index (χ3n) is 4.49. The summed E-state index contributed by atoms with van der Waals surface area (Å²) < 4.78 is 0.